The molecule has 0 amide bonds. The van der Waals surface area contributed by atoms with E-state index >= 15 is 0 Å². The summed E-state index contributed by atoms with van der Waals surface area (Å²) in [7, 11) is 0. The third-order valence-corrected chi connectivity index (χ3v) is 5.78. The monoisotopic (exact) mass is 416 g/mol. The van der Waals surface area contributed by atoms with E-state index in [9.17, 15) is 9.90 Å². The number of rotatable bonds is 4. The minimum Gasteiger partial charge on any atom is -0.508 e. The lowest BCUT2D eigenvalue weighted by atomic mass is 9.81. The Hall–Kier alpha value is -3.11. The molecule has 31 heavy (non-hydrogen) atoms. The third kappa shape index (κ3) is 3.84. The molecule has 1 N–H and O–H groups in total. The van der Waals surface area contributed by atoms with Crippen molar-refractivity contribution in [3.8, 4) is 11.5 Å². The van der Waals surface area contributed by atoms with Gasteiger partial charge in [0.05, 0.1) is 5.57 Å². The van der Waals surface area contributed by atoms with Crippen molar-refractivity contribution in [1.29, 1.82) is 0 Å². The van der Waals surface area contributed by atoms with Gasteiger partial charge in [0.2, 0.25) is 0 Å². The molecule has 1 aliphatic rings. The van der Waals surface area contributed by atoms with E-state index in [4.69, 9.17) is 9.47 Å². The summed E-state index contributed by atoms with van der Waals surface area (Å²) in [4.78, 5) is 13.2. The van der Waals surface area contributed by atoms with E-state index in [1.807, 2.05) is 61.5 Å². The summed E-state index contributed by atoms with van der Waals surface area (Å²) in [6, 6.07) is 19.7. The number of aliphatic hydroxyl groups excluding tert-OH is 1. The van der Waals surface area contributed by atoms with Crippen LogP contribution >= 0.6 is 0 Å². The molecule has 1 heterocycles. The van der Waals surface area contributed by atoms with Crippen LogP contribution in [0.2, 0.25) is 0 Å². The van der Waals surface area contributed by atoms with E-state index in [2.05, 4.69) is 6.07 Å². The summed E-state index contributed by atoms with van der Waals surface area (Å²) in [5.41, 5.74) is -0.0396. The van der Waals surface area contributed by atoms with Gasteiger partial charge < -0.3 is 14.6 Å². The molecule has 3 aromatic carbocycles. The van der Waals surface area contributed by atoms with E-state index in [0.717, 1.165) is 22.8 Å². The van der Waals surface area contributed by atoms with Gasteiger partial charge in [0.25, 0.3) is 0 Å². The first-order valence-electron chi connectivity index (χ1n) is 10.6. The van der Waals surface area contributed by atoms with Gasteiger partial charge in [-0.2, -0.15) is 0 Å². The SMILES string of the molecule is CCc1ccc(Oc2ccc3ccccc3c2)cc1C1=C(O)C(C)(C)OC(C)(C)C1=O. The van der Waals surface area contributed by atoms with Crippen molar-refractivity contribution in [2.24, 2.45) is 0 Å². The van der Waals surface area contributed by atoms with Crippen LogP contribution in [0.15, 0.2) is 66.4 Å². The molecule has 0 fully saturated rings. The van der Waals surface area contributed by atoms with Crippen molar-refractivity contribution in [3.05, 3.63) is 77.5 Å². The Morgan fingerprint density at radius 2 is 1.52 bits per heavy atom. The molecule has 160 valence electrons. The highest BCUT2D eigenvalue weighted by Gasteiger charge is 2.47. The predicted molar refractivity (Wildman–Crippen MR) is 124 cm³/mol. The Morgan fingerprint density at radius 1 is 0.871 bits per heavy atom. The topological polar surface area (TPSA) is 55.8 Å². The molecular formula is C27H28O4. The number of fused-ring (bicyclic) bond motifs is 1. The zero-order chi connectivity index (χ0) is 22.4. The number of hydrogen-bond donors (Lipinski definition) is 1. The largest absolute Gasteiger partial charge is 0.508 e. The van der Waals surface area contributed by atoms with Gasteiger partial charge in [0.1, 0.15) is 28.5 Å². The smallest absolute Gasteiger partial charge is 0.198 e. The molecule has 0 bridgehead atoms. The van der Waals surface area contributed by atoms with Crippen molar-refractivity contribution >= 4 is 22.1 Å². The molecule has 0 radical (unpaired) electrons. The van der Waals surface area contributed by atoms with Crippen LogP contribution in [0.4, 0.5) is 0 Å². The molecule has 0 spiro atoms. The lowest BCUT2D eigenvalue weighted by molar-refractivity contribution is -0.158. The molecule has 0 saturated heterocycles. The predicted octanol–water partition coefficient (Wildman–Crippen LogP) is 6.62. The average molecular weight is 417 g/mol. The molecule has 0 unspecified atom stereocenters. The fourth-order valence-electron chi connectivity index (χ4n) is 4.22. The van der Waals surface area contributed by atoms with Crippen LogP contribution in [-0.2, 0) is 16.0 Å². The van der Waals surface area contributed by atoms with Crippen LogP contribution in [0.1, 0.15) is 45.7 Å². The van der Waals surface area contributed by atoms with Gasteiger partial charge in [0, 0.05) is 0 Å². The van der Waals surface area contributed by atoms with Crippen LogP contribution in [0, 0.1) is 0 Å². The molecule has 4 heteroatoms. The quantitative estimate of drug-likeness (QED) is 0.519. The maximum atomic E-state index is 13.2. The minimum atomic E-state index is -1.04. The molecule has 1 aliphatic heterocycles. The van der Waals surface area contributed by atoms with Gasteiger partial charge in [-0.1, -0.05) is 43.3 Å². The number of Topliss-reactive ketones (excluding diaryl/α,β-unsaturated/α-hetero) is 1. The van der Waals surface area contributed by atoms with E-state index in [0.29, 0.717) is 22.6 Å². The Bertz CT molecular complexity index is 1200. The van der Waals surface area contributed by atoms with Crippen molar-refractivity contribution in [2.45, 2.75) is 52.2 Å². The molecule has 0 aromatic heterocycles. The Morgan fingerprint density at radius 3 is 2.23 bits per heavy atom. The van der Waals surface area contributed by atoms with Crippen LogP contribution < -0.4 is 4.74 Å². The number of carbonyl (C=O) groups excluding carboxylic acids is 1. The summed E-state index contributed by atoms with van der Waals surface area (Å²) >= 11 is 0. The van der Waals surface area contributed by atoms with Crippen LogP contribution in [0.3, 0.4) is 0 Å². The maximum Gasteiger partial charge on any atom is 0.198 e. The first kappa shape index (κ1) is 21.1. The van der Waals surface area contributed by atoms with Crippen molar-refractivity contribution in [1.82, 2.24) is 0 Å². The van der Waals surface area contributed by atoms with Crippen molar-refractivity contribution in [2.75, 3.05) is 0 Å². The van der Waals surface area contributed by atoms with Gasteiger partial charge >= 0.3 is 0 Å². The summed E-state index contributed by atoms with van der Waals surface area (Å²) in [5, 5.41) is 13.2. The molecular weight excluding hydrogens is 388 g/mol. The molecule has 4 rings (SSSR count). The first-order valence-corrected chi connectivity index (χ1v) is 10.6. The number of benzene rings is 3. The standard InChI is InChI=1S/C27H28O4/c1-6-17-11-13-21(30-20-14-12-18-9-7-8-10-19(18)15-20)16-22(17)23-24(28)26(2,3)31-27(4,5)25(23)29/h7-16,28H,6H2,1-5H3. The second-order valence-electron chi connectivity index (χ2n) is 8.96. The number of carbonyl (C=O) groups is 1. The minimum absolute atomic E-state index is 0.0469. The average Bonchev–Trinajstić information content (AvgIpc) is 2.72. The molecule has 4 nitrogen and oxygen atoms in total. The fraction of sp³-hybridized carbons (Fsp3) is 0.296. The van der Waals surface area contributed by atoms with Gasteiger partial charge in [-0.3, -0.25) is 4.79 Å². The zero-order valence-electron chi connectivity index (χ0n) is 18.7. The van der Waals surface area contributed by atoms with Gasteiger partial charge in [-0.25, -0.2) is 0 Å². The highest BCUT2D eigenvalue weighted by atomic mass is 16.5. The number of ether oxygens (including phenoxy) is 2. The lowest BCUT2D eigenvalue weighted by Gasteiger charge is -2.40. The van der Waals surface area contributed by atoms with E-state index in [1.165, 1.54) is 0 Å². The first-order chi connectivity index (χ1) is 14.6. The number of hydrogen-bond acceptors (Lipinski definition) is 4. The molecule has 0 aliphatic carbocycles. The van der Waals surface area contributed by atoms with Gasteiger partial charge in [-0.15, -0.1) is 0 Å². The van der Waals surface area contributed by atoms with Crippen molar-refractivity contribution < 1.29 is 19.4 Å². The van der Waals surface area contributed by atoms with Crippen LogP contribution in [0.5, 0.6) is 11.5 Å². The summed E-state index contributed by atoms with van der Waals surface area (Å²) in [6.45, 7) is 9.06. The summed E-state index contributed by atoms with van der Waals surface area (Å²) < 4.78 is 12.0. The highest BCUT2D eigenvalue weighted by Crippen LogP contribution is 2.42. The van der Waals surface area contributed by atoms with E-state index < -0.39 is 11.2 Å². The van der Waals surface area contributed by atoms with Gasteiger partial charge in [-0.05, 0) is 80.3 Å². The molecule has 3 aromatic rings. The molecule has 0 atom stereocenters. The number of aliphatic hydroxyl groups is 1. The van der Waals surface area contributed by atoms with E-state index in [-0.39, 0.29) is 11.5 Å². The Balaban J connectivity index is 1.79. The summed E-state index contributed by atoms with van der Waals surface area (Å²) in [5.74, 6) is 1.04. The van der Waals surface area contributed by atoms with Crippen LogP contribution in [0.25, 0.3) is 16.3 Å². The Labute approximate surface area is 183 Å². The van der Waals surface area contributed by atoms with Crippen molar-refractivity contribution in [3.63, 3.8) is 0 Å². The van der Waals surface area contributed by atoms with E-state index in [1.54, 1.807) is 27.7 Å². The number of aryl methyl sites for hydroxylation is 1. The highest BCUT2D eigenvalue weighted by molar-refractivity contribution is 6.26. The maximum absolute atomic E-state index is 13.2. The second kappa shape index (κ2) is 7.54. The fourth-order valence-corrected chi connectivity index (χ4v) is 4.22. The molecule has 0 saturated carbocycles. The third-order valence-electron chi connectivity index (χ3n) is 5.78. The number of ketones is 1. The normalized spacial score (nSPS) is 17.8. The van der Waals surface area contributed by atoms with Crippen LogP contribution in [-0.4, -0.2) is 22.1 Å². The zero-order valence-corrected chi connectivity index (χ0v) is 18.7. The Kier molecular flexibility index (Phi) is 5.14. The summed E-state index contributed by atoms with van der Waals surface area (Å²) in [6.07, 6.45) is 0.720. The van der Waals surface area contributed by atoms with Gasteiger partial charge in [0.15, 0.2) is 5.78 Å². The lowest BCUT2D eigenvalue weighted by Crippen LogP contribution is -2.49. The second-order valence-corrected chi connectivity index (χ2v) is 8.96.